The second-order valence-electron chi connectivity index (χ2n) is 5.51. The molecule has 2 atom stereocenters. The van der Waals surface area contributed by atoms with Gasteiger partial charge in [0.25, 0.3) is 0 Å². The van der Waals surface area contributed by atoms with Gasteiger partial charge in [-0.05, 0) is 43.5 Å². The Bertz CT molecular complexity index is 490. The Morgan fingerprint density at radius 1 is 1.29 bits per heavy atom. The summed E-state index contributed by atoms with van der Waals surface area (Å²) in [6, 6.07) is 2.44. The average Bonchev–Trinajstić information content (AvgIpc) is 2.52. The standard InChI is InChI=1S/C17H27NO2S/c1-6-8-18-16-14(7-2)21-10-12-11(3)9-13(19-4)17(20-5)15(12)16/h9,14,16,18H,6-8,10H2,1-5H3. The van der Waals surface area contributed by atoms with Crippen molar-refractivity contribution in [2.24, 2.45) is 0 Å². The van der Waals surface area contributed by atoms with Crippen LogP contribution in [0.1, 0.15) is 49.4 Å². The van der Waals surface area contributed by atoms with Crippen LogP contribution in [0.25, 0.3) is 0 Å². The van der Waals surface area contributed by atoms with Gasteiger partial charge in [-0.25, -0.2) is 0 Å². The number of aryl methyl sites for hydroxylation is 1. The zero-order valence-electron chi connectivity index (χ0n) is 13.8. The summed E-state index contributed by atoms with van der Waals surface area (Å²) in [5.41, 5.74) is 4.03. The molecule has 1 N–H and O–H groups in total. The van der Waals surface area contributed by atoms with E-state index in [9.17, 15) is 0 Å². The largest absolute Gasteiger partial charge is 0.493 e. The van der Waals surface area contributed by atoms with E-state index >= 15 is 0 Å². The highest BCUT2D eigenvalue weighted by Gasteiger charge is 2.33. The van der Waals surface area contributed by atoms with E-state index < -0.39 is 0 Å². The molecule has 1 aromatic carbocycles. The third-order valence-electron chi connectivity index (χ3n) is 4.18. The van der Waals surface area contributed by atoms with Gasteiger partial charge in [-0.15, -0.1) is 0 Å². The zero-order valence-corrected chi connectivity index (χ0v) is 14.6. The number of hydrogen-bond donors (Lipinski definition) is 1. The molecule has 0 bridgehead atoms. The summed E-state index contributed by atoms with van der Waals surface area (Å²) in [6.45, 7) is 7.67. The van der Waals surface area contributed by atoms with Crippen molar-refractivity contribution >= 4 is 11.8 Å². The quantitative estimate of drug-likeness (QED) is 0.858. The number of thioether (sulfide) groups is 1. The molecule has 3 nitrogen and oxygen atoms in total. The highest BCUT2D eigenvalue weighted by molar-refractivity contribution is 7.99. The van der Waals surface area contributed by atoms with Crippen molar-refractivity contribution in [3.8, 4) is 11.5 Å². The molecule has 1 aliphatic rings. The fourth-order valence-electron chi connectivity index (χ4n) is 3.07. The molecule has 0 amide bonds. The summed E-state index contributed by atoms with van der Waals surface area (Å²) in [6.07, 6.45) is 2.29. The third-order valence-corrected chi connectivity index (χ3v) is 5.67. The molecular formula is C17H27NO2S. The summed E-state index contributed by atoms with van der Waals surface area (Å²) in [4.78, 5) is 0. The van der Waals surface area contributed by atoms with Crippen LogP contribution in [0.5, 0.6) is 11.5 Å². The molecule has 4 heteroatoms. The molecule has 0 radical (unpaired) electrons. The summed E-state index contributed by atoms with van der Waals surface area (Å²) >= 11 is 2.05. The van der Waals surface area contributed by atoms with Crippen LogP contribution in [0.4, 0.5) is 0 Å². The first-order valence-electron chi connectivity index (χ1n) is 7.77. The Labute approximate surface area is 132 Å². The Morgan fingerprint density at radius 2 is 2.05 bits per heavy atom. The van der Waals surface area contributed by atoms with Gasteiger partial charge in [0.1, 0.15) is 0 Å². The van der Waals surface area contributed by atoms with E-state index in [0.717, 1.165) is 36.6 Å². The lowest BCUT2D eigenvalue weighted by atomic mass is 9.92. The molecule has 21 heavy (non-hydrogen) atoms. The number of ether oxygens (including phenoxy) is 2. The topological polar surface area (TPSA) is 30.5 Å². The van der Waals surface area contributed by atoms with Crippen LogP contribution in [0.3, 0.4) is 0 Å². The zero-order chi connectivity index (χ0) is 15.4. The Kier molecular flexibility index (Phi) is 5.82. The maximum Gasteiger partial charge on any atom is 0.165 e. The number of nitrogens with one attached hydrogen (secondary N) is 1. The Hall–Kier alpha value is -0.870. The first-order valence-corrected chi connectivity index (χ1v) is 8.82. The van der Waals surface area contributed by atoms with Gasteiger partial charge in [0.15, 0.2) is 11.5 Å². The average molecular weight is 309 g/mol. The number of benzene rings is 1. The second-order valence-corrected chi connectivity index (χ2v) is 6.74. The Morgan fingerprint density at radius 3 is 2.62 bits per heavy atom. The first-order chi connectivity index (χ1) is 10.2. The van der Waals surface area contributed by atoms with E-state index in [1.807, 2.05) is 0 Å². The molecule has 0 saturated carbocycles. The van der Waals surface area contributed by atoms with Crippen LogP contribution >= 0.6 is 11.8 Å². The van der Waals surface area contributed by atoms with Crippen molar-refractivity contribution < 1.29 is 9.47 Å². The first kappa shape index (κ1) is 16.5. The normalized spacial score (nSPS) is 21.0. The van der Waals surface area contributed by atoms with E-state index in [4.69, 9.17) is 9.47 Å². The van der Waals surface area contributed by atoms with E-state index in [1.165, 1.54) is 16.7 Å². The lowest BCUT2D eigenvalue weighted by Gasteiger charge is -2.36. The van der Waals surface area contributed by atoms with Crippen LogP contribution in [-0.2, 0) is 5.75 Å². The van der Waals surface area contributed by atoms with Crippen molar-refractivity contribution in [2.45, 2.75) is 50.7 Å². The van der Waals surface area contributed by atoms with Gasteiger partial charge in [0.2, 0.25) is 0 Å². The molecule has 0 aromatic heterocycles. The molecule has 0 fully saturated rings. The van der Waals surface area contributed by atoms with Crippen molar-refractivity contribution in [1.82, 2.24) is 5.32 Å². The summed E-state index contributed by atoms with van der Waals surface area (Å²) in [7, 11) is 3.46. The molecule has 1 aliphatic heterocycles. The number of rotatable bonds is 6. The fraction of sp³-hybridized carbons (Fsp3) is 0.647. The highest BCUT2D eigenvalue weighted by atomic mass is 32.2. The lowest BCUT2D eigenvalue weighted by Crippen LogP contribution is -2.34. The highest BCUT2D eigenvalue weighted by Crippen LogP contribution is 2.48. The van der Waals surface area contributed by atoms with Crippen LogP contribution in [0, 0.1) is 6.92 Å². The minimum atomic E-state index is 0.340. The van der Waals surface area contributed by atoms with Gasteiger partial charge >= 0.3 is 0 Å². The monoisotopic (exact) mass is 309 g/mol. The summed E-state index contributed by atoms with van der Waals surface area (Å²) in [5, 5.41) is 4.31. The molecule has 118 valence electrons. The number of fused-ring (bicyclic) bond motifs is 1. The Balaban J connectivity index is 2.55. The van der Waals surface area contributed by atoms with E-state index in [0.29, 0.717) is 11.3 Å². The fourth-order valence-corrected chi connectivity index (χ4v) is 4.50. The minimum absolute atomic E-state index is 0.340. The maximum absolute atomic E-state index is 5.72. The molecule has 0 saturated heterocycles. The molecule has 1 aromatic rings. The van der Waals surface area contributed by atoms with Gasteiger partial charge < -0.3 is 14.8 Å². The van der Waals surface area contributed by atoms with Gasteiger partial charge in [-0.2, -0.15) is 11.8 Å². The van der Waals surface area contributed by atoms with Gasteiger partial charge in [0, 0.05) is 22.6 Å². The molecule has 2 rings (SSSR count). The number of hydrogen-bond acceptors (Lipinski definition) is 4. The summed E-state index contributed by atoms with van der Waals surface area (Å²) in [5.74, 6) is 2.81. The van der Waals surface area contributed by atoms with Gasteiger partial charge in [0.05, 0.1) is 14.2 Å². The third kappa shape index (κ3) is 3.16. The molecule has 0 aliphatic carbocycles. The molecule has 2 unspecified atom stereocenters. The summed E-state index contributed by atoms with van der Waals surface area (Å²) < 4.78 is 11.3. The molecular weight excluding hydrogens is 282 g/mol. The molecule has 1 heterocycles. The number of methoxy groups -OCH3 is 2. The van der Waals surface area contributed by atoms with E-state index in [1.54, 1.807) is 14.2 Å². The van der Waals surface area contributed by atoms with Crippen molar-refractivity contribution in [3.63, 3.8) is 0 Å². The van der Waals surface area contributed by atoms with Crippen LogP contribution in [-0.4, -0.2) is 26.0 Å². The smallest absolute Gasteiger partial charge is 0.165 e. The molecule has 0 spiro atoms. The minimum Gasteiger partial charge on any atom is -0.493 e. The van der Waals surface area contributed by atoms with Crippen LogP contribution < -0.4 is 14.8 Å². The van der Waals surface area contributed by atoms with E-state index in [-0.39, 0.29) is 0 Å². The predicted octanol–water partition coefficient (Wildman–Crippen LogP) is 4.08. The second kappa shape index (κ2) is 7.41. The van der Waals surface area contributed by atoms with Crippen molar-refractivity contribution in [2.75, 3.05) is 20.8 Å². The predicted molar refractivity (Wildman–Crippen MR) is 90.7 cm³/mol. The van der Waals surface area contributed by atoms with Crippen LogP contribution in [0.2, 0.25) is 0 Å². The SMILES string of the molecule is CCCNC1c2c(c(C)cc(OC)c2OC)CSC1CC. The maximum atomic E-state index is 5.72. The van der Waals surface area contributed by atoms with Crippen molar-refractivity contribution in [3.05, 3.63) is 22.8 Å². The van der Waals surface area contributed by atoms with Crippen LogP contribution in [0.15, 0.2) is 6.07 Å². The van der Waals surface area contributed by atoms with E-state index in [2.05, 4.69) is 43.9 Å². The van der Waals surface area contributed by atoms with Crippen molar-refractivity contribution in [1.29, 1.82) is 0 Å². The lowest BCUT2D eigenvalue weighted by molar-refractivity contribution is 0.343. The van der Waals surface area contributed by atoms with Gasteiger partial charge in [-0.3, -0.25) is 0 Å². The van der Waals surface area contributed by atoms with Gasteiger partial charge in [-0.1, -0.05) is 13.8 Å².